The van der Waals surface area contributed by atoms with Crippen molar-refractivity contribution in [3.8, 4) is 11.5 Å². The van der Waals surface area contributed by atoms with Gasteiger partial charge >= 0.3 is 0 Å². The molecule has 26 heavy (non-hydrogen) atoms. The van der Waals surface area contributed by atoms with Crippen LogP contribution in [0.5, 0.6) is 11.5 Å². The number of anilines is 2. The fourth-order valence-corrected chi connectivity index (χ4v) is 3.23. The Morgan fingerprint density at radius 1 is 1.23 bits per heavy atom. The van der Waals surface area contributed by atoms with Gasteiger partial charge in [-0.05, 0) is 43.0 Å². The van der Waals surface area contributed by atoms with Crippen LogP contribution >= 0.6 is 0 Å². The van der Waals surface area contributed by atoms with Crippen LogP contribution in [-0.2, 0) is 0 Å². The molecule has 1 fully saturated rings. The number of hydrogen-bond donors (Lipinski definition) is 1. The first kappa shape index (κ1) is 18.0. The number of rotatable bonds is 5. The fraction of sp³-hybridized carbons (Fsp3) is 0.400. The van der Waals surface area contributed by atoms with E-state index in [-0.39, 0.29) is 5.91 Å². The van der Waals surface area contributed by atoms with Crippen LogP contribution in [0.4, 0.5) is 11.4 Å². The van der Waals surface area contributed by atoms with Crippen molar-refractivity contribution < 1.29 is 14.3 Å². The number of ether oxygens (including phenoxy) is 2. The molecule has 6 nitrogen and oxygen atoms in total. The molecule has 1 aliphatic heterocycles. The van der Waals surface area contributed by atoms with Gasteiger partial charge < -0.3 is 19.7 Å². The summed E-state index contributed by atoms with van der Waals surface area (Å²) in [6.45, 7) is 4.34. The van der Waals surface area contributed by atoms with E-state index in [0.29, 0.717) is 28.8 Å². The van der Waals surface area contributed by atoms with Gasteiger partial charge in [0.2, 0.25) is 0 Å². The minimum atomic E-state index is -0.282. The number of piperidine rings is 1. The highest BCUT2D eigenvalue weighted by atomic mass is 16.5. The first-order chi connectivity index (χ1) is 12.6. The van der Waals surface area contributed by atoms with E-state index in [0.717, 1.165) is 18.8 Å². The molecule has 138 valence electrons. The Morgan fingerprint density at radius 3 is 2.73 bits per heavy atom. The number of carbonyl (C=O) groups is 1. The summed E-state index contributed by atoms with van der Waals surface area (Å²) < 4.78 is 10.5. The van der Waals surface area contributed by atoms with Gasteiger partial charge in [-0.25, -0.2) is 4.98 Å². The topological polar surface area (TPSA) is 63.7 Å². The van der Waals surface area contributed by atoms with Crippen molar-refractivity contribution in [3.63, 3.8) is 0 Å². The van der Waals surface area contributed by atoms with Crippen molar-refractivity contribution in [3.05, 3.63) is 42.2 Å². The molecule has 1 saturated heterocycles. The zero-order valence-corrected chi connectivity index (χ0v) is 15.5. The molecule has 1 atom stereocenters. The average molecular weight is 355 g/mol. The molecule has 1 N–H and O–H groups in total. The Kier molecular flexibility index (Phi) is 5.61. The quantitative estimate of drug-likeness (QED) is 0.888. The molecule has 3 rings (SSSR count). The van der Waals surface area contributed by atoms with Crippen molar-refractivity contribution in [1.29, 1.82) is 0 Å². The largest absolute Gasteiger partial charge is 0.497 e. The summed E-state index contributed by atoms with van der Waals surface area (Å²) >= 11 is 0. The molecule has 2 aromatic rings. The van der Waals surface area contributed by atoms with Crippen LogP contribution in [0, 0.1) is 5.92 Å². The van der Waals surface area contributed by atoms with Crippen LogP contribution in [0.15, 0.2) is 36.5 Å². The van der Waals surface area contributed by atoms with E-state index >= 15 is 0 Å². The van der Waals surface area contributed by atoms with Crippen LogP contribution in [0.1, 0.15) is 30.3 Å². The van der Waals surface area contributed by atoms with Gasteiger partial charge in [0.25, 0.3) is 5.91 Å². The SMILES string of the molecule is COc1ccc(OC)c(NC(=O)c2ccc(N3CCCC(C)C3)cn2)c1. The Morgan fingerprint density at radius 2 is 2.08 bits per heavy atom. The number of nitrogens with zero attached hydrogens (tertiary/aromatic N) is 2. The van der Waals surface area contributed by atoms with Gasteiger partial charge in [-0.2, -0.15) is 0 Å². The maximum absolute atomic E-state index is 12.5. The van der Waals surface area contributed by atoms with Gasteiger partial charge in [0.05, 0.1) is 31.8 Å². The fourth-order valence-electron chi connectivity index (χ4n) is 3.23. The lowest BCUT2D eigenvalue weighted by molar-refractivity contribution is 0.102. The number of methoxy groups -OCH3 is 2. The first-order valence-electron chi connectivity index (χ1n) is 8.85. The molecule has 1 aromatic heterocycles. The molecule has 1 aliphatic rings. The van der Waals surface area contributed by atoms with E-state index in [2.05, 4.69) is 22.1 Å². The lowest BCUT2D eigenvalue weighted by Crippen LogP contribution is -2.34. The van der Waals surface area contributed by atoms with E-state index in [1.807, 2.05) is 6.07 Å². The molecule has 2 heterocycles. The second-order valence-electron chi connectivity index (χ2n) is 6.62. The van der Waals surface area contributed by atoms with Gasteiger partial charge in [-0.3, -0.25) is 4.79 Å². The van der Waals surface area contributed by atoms with Crippen LogP contribution in [0.3, 0.4) is 0 Å². The van der Waals surface area contributed by atoms with Crippen molar-refractivity contribution in [1.82, 2.24) is 4.98 Å². The van der Waals surface area contributed by atoms with E-state index < -0.39 is 0 Å². The minimum absolute atomic E-state index is 0.282. The van der Waals surface area contributed by atoms with Crippen LogP contribution < -0.4 is 19.7 Å². The third-order valence-corrected chi connectivity index (χ3v) is 4.66. The second-order valence-corrected chi connectivity index (χ2v) is 6.62. The maximum Gasteiger partial charge on any atom is 0.274 e. The Bertz CT molecular complexity index is 761. The molecule has 6 heteroatoms. The molecular weight excluding hydrogens is 330 g/mol. The molecule has 0 radical (unpaired) electrons. The lowest BCUT2D eigenvalue weighted by atomic mass is 10.00. The molecule has 1 amide bonds. The van der Waals surface area contributed by atoms with Gasteiger partial charge in [-0.1, -0.05) is 6.92 Å². The van der Waals surface area contributed by atoms with Gasteiger partial charge in [-0.15, -0.1) is 0 Å². The van der Waals surface area contributed by atoms with Gasteiger partial charge in [0.1, 0.15) is 17.2 Å². The number of benzene rings is 1. The highest BCUT2D eigenvalue weighted by molar-refractivity contribution is 6.03. The van der Waals surface area contributed by atoms with E-state index in [1.165, 1.54) is 12.8 Å². The van der Waals surface area contributed by atoms with E-state index in [9.17, 15) is 4.79 Å². The summed E-state index contributed by atoms with van der Waals surface area (Å²) in [6.07, 6.45) is 4.24. The minimum Gasteiger partial charge on any atom is -0.497 e. The summed E-state index contributed by atoms with van der Waals surface area (Å²) in [5, 5.41) is 2.84. The molecule has 1 aromatic carbocycles. The lowest BCUT2D eigenvalue weighted by Gasteiger charge is -2.32. The number of amides is 1. The van der Waals surface area contributed by atoms with E-state index in [1.54, 1.807) is 44.7 Å². The molecule has 0 spiro atoms. The molecule has 1 unspecified atom stereocenters. The van der Waals surface area contributed by atoms with E-state index in [4.69, 9.17) is 9.47 Å². The molecule has 0 bridgehead atoms. The maximum atomic E-state index is 12.5. The van der Waals surface area contributed by atoms with Crippen molar-refractivity contribution in [2.24, 2.45) is 5.92 Å². The molecule has 0 saturated carbocycles. The number of hydrogen-bond acceptors (Lipinski definition) is 5. The normalized spacial score (nSPS) is 16.9. The second kappa shape index (κ2) is 8.08. The zero-order valence-electron chi connectivity index (χ0n) is 15.5. The highest BCUT2D eigenvalue weighted by Crippen LogP contribution is 2.29. The van der Waals surface area contributed by atoms with Gasteiger partial charge in [0, 0.05) is 19.2 Å². The highest BCUT2D eigenvalue weighted by Gasteiger charge is 2.18. The third kappa shape index (κ3) is 4.07. The van der Waals surface area contributed by atoms with Crippen molar-refractivity contribution >= 4 is 17.3 Å². The summed E-state index contributed by atoms with van der Waals surface area (Å²) in [7, 11) is 3.14. The smallest absolute Gasteiger partial charge is 0.274 e. The standard InChI is InChI=1S/C20H25N3O3/c1-14-5-4-10-23(13-14)15-6-8-17(21-12-15)20(24)22-18-11-16(25-2)7-9-19(18)26-3/h6-9,11-12,14H,4-5,10,13H2,1-3H3,(H,22,24). The summed E-state index contributed by atoms with van der Waals surface area (Å²) in [5.41, 5.74) is 1.98. The van der Waals surface area contributed by atoms with Crippen LogP contribution in [-0.4, -0.2) is 38.2 Å². The summed E-state index contributed by atoms with van der Waals surface area (Å²) in [4.78, 5) is 19.2. The average Bonchev–Trinajstić information content (AvgIpc) is 2.68. The number of pyridine rings is 1. The Labute approximate surface area is 154 Å². The predicted octanol–water partition coefficient (Wildman–Crippen LogP) is 3.59. The molecule has 0 aliphatic carbocycles. The molecular formula is C20H25N3O3. The predicted molar refractivity (Wildman–Crippen MR) is 102 cm³/mol. The third-order valence-electron chi connectivity index (χ3n) is 4.66. The van der Waals surface area contributed by atoms with Crippen LogP contribution in [0.2, 0.25) is 0 Å². The van der Waals surface area contributed by atoms with Crippen LogP contribution in [0.25, 0.3) is 0 Å². The van der Waals surface area contributed by atoms with Crippen molar-refractivity contribution in [2.45, 2.75) is 19.8 Å². The monoisotopic (exact) mass is 355 g/mol. The van der Waals surface area contributed by atoms with Gasteiger partial charge in [0.15, 0.2) is 0 Å². The number of nitrogens with one attached hydrogen (secondary N) is 1. The Balaban J connectivity index is 1.72. The summed E-state index contributed by atoms with van der Waals surface area (Å²) in [6, 6.07) is 8.98. The summed E-state index contributed by atoms with van der Waals surface area (Å²) in [5.74, 6) is 1.61. The first-order valence-corrected chi connectivity index (χ1v) is 8.85. The van der Waals surface area contributed by atoms with Crippen molar-refractivity contribution in [2.75, 3.05) is 37.5 Å². The Hall–Kier alpha value is -2.76. The zero-order chi connectivity index (χ0) is 18.5. The number of aromatic nitrogens is 1. The number of carbonyl (C=O) groups excluding carboxylic acids is 1.